The van der Waals surface area contributed by atoms with Crippen molar-refractivity contribution in [2.75, 3.05) is 0 Å². The van der Waals surface area contributed by atoms with E-state index in [4.69, 9.17) is 0 Å². The third-order valence-electron chi connectivity index (χ3n) is 2.03. The van der Waals surface area contributed by atoms with Gasteiger partial charge in [0.25, 0.3) is 5.56 Å². The van der Waals surface area contributed by atoms with Crippen LogP contribution in [0, 0.1) is 6.92 Å². The molecule has 0 radical (unpaired) electrons. The van der Waals surface area contributed by atoms with Gasteiger partial charge in [0, 0.05) is 22.2 Å². The Bertz CT molecular complexity index is 422. The molecule has 0 spiro atoms. The Balaban J connectivity index is 3.04. The number of hydrogen-bond donors (Lipinski definition) is 1. The minimum absolute atomic E-state index is 0.298. The normalized spacial score (nSPS) is 12.8. The summed E-state index contributed by atoms with van der Waals surface area (Å²) < 4.78 is 1.97. The standard InChI is InChI=1S/C9H13IN2O2/c1-3-7(10)5-12-4-6(2)8(13)11-9(12)14/h4,7H,3,5H2,1-2H3,(H,11,13,14)/t7-/m0/s1. The van der Waals surface area contributed by atoms with Crippen LogP contribution in [0.4, 0.5) is 0 Å². The molecular weight excluding hydrogens is 295 g/mol. The lowest BCUT2D eigenvalue weighted by atomic mass is 10.3. The summed E-state index contributed by atoms with van der Waals surface area (Å²) in [5.41, 5.74) is -0.0484. The van der Waals surface area contributed by atoms with E-state index in [-0.39, 0.29) is 11.2 Å². The molecule has 4 nitrogen and oxygen atoms in total. The molecule has 1 aromatic heterocycles. The molecule has 0 bridgehead atoms. The van der Waals surface area contributed by atoms with Crippen LogP contribution >= 0.6 is 22.6 Å². The van der Waals surface area contributed by atoms with Gasteiger partial charge in [-0.25, -0.2) is 4.79 Å². The molecule has 78 valence electrons. The van der Waals surface area contributed by atoms with Crippen LogP contribution in [0.1, 0.15) is 18.9 Å². The van der Waals surface area contributed by atoms with E-state index in [1.807, 2.05) is 0 Å². The Kier molecular flexibility index (Phi) is 3.91. The Morgan fingerprint density at radius 2 is 2.21 bits per heavy atom. The molecule has 0 fully saturated rings. The van der Waals surface area contributed by atoms with Gasteiger partial charge < -0.3 is 0 Å². The van der Waals surface area contributed by atoms with Gasteiger partial charge in [0.05, 0.1) is 0 Å². The van der Waals surface area contributed by atoms with Gasteiger partial charge in [-0.15, -0.1) is 0 Å². The molecule has 1 heterocycles. The predicted octanol–water partition coefficient (Wildman–Crippen LogP) is 1.06. The SMILES string of the molecule is CC[C@H](I)Cn1cc(C)c(=O)[nH]c1=O. The number of nitrogens with one attached hydrogen (secondary N) is 1. The molecule has 0 saturated heterocycles. The smallest absolute Gasteiger partial charge is 0.299 e. The molecule has 1 aromatic rings. The number of hydrogen-bond acceptors (Lipinski definition) is 2. The summed E-state index contributed by atoms with van der Waals surface area (Å²) in [5.74, 6) is 0. The lowest BCUT2D eigenvalue weighted by molar-refractivity contribution is 0.619. The first kappa shape index (κ1) is 11.5. The molecule has 0 aliphatic rings. The molecule has 0 aliphatic heterocycles. The summed E-state index contributed by atoms with van der Waals surface area (Å²) in [6.45, 7) is 4.41. The van der Waals surface area contributed by atoms with Crippen LogP contribution in [0.3, 0.4) is 0 Å². The lowest BCUT2D eigenvalue weighted by Gasteiger charge is -2.09. The number of aromatic amines is 1. The maximum absolute atomic E-state index is 11.3. The average Bonchev–Trinajstić information content (AvgIpc) is 2.14. The van der Waals surface area contributed by atoms with Crippen LogP contribution in [-0.4, -0.2) is 13.5 Å². The van der Waals surface area contributed by atoms with Crippen molar-refractivity contribution in [3.05, 3.63) is 32.6 Å². The summed E-state index contributed by atoms with van der Waals surface area (Å²) in [6.07, 6.45) is 2.62. The van der Waals surface area contributed by atoms with Crippen LogP contribution in [0.2, 0.25) is 0 Å². The summed E-state index contributed by atoms with van der Waals surface area (Å²) in [5, 5.41) is 0. The van der Waals surface area contributed by atoms with Crippen LogP contribution in [0.25, 0.3) is 0 Å². The number of nitrogens with zero attached hydrogens (tertiary/aromatic N) is 1. The Hall–Kier alpha value is -0.590. The average molecular weight is 308 g/mol. The van der Waals surface area contributed by atoms with Crippen molar-refractivity contribution in [3.8, 4) is 0 Å². The maximum atomic E-state index is 11.3. The zero-order valence-corrected chi connectivity index (χ0v) is 10.4. The van der Waals surface area contributed by atoms with E-state index in [1.165, 1.54) is 0 Å². The number of halogens is 1. The summed E-state index contributed by atoms with van der Waals surface area (Å²) in [6, 6.07) is 0. The van der Waals surface area contributed by atoms with Crippen molar-refractivity contribution in [2.45, 2.75) is 30.7 Å². The summed E-state index contributed by atoms with van der Waals surface area (Å²) in [7, 11) is 0. The molecule has 0 unspecified atom stereocenters. The highest BCUT2D eigenvalue weighted by atomic mass is 127. The second-order valence-electron chi connectivity index (χ2n) is 3.23. The molecule has 5 heteroatoms. The van der Waals surface area contributed by atoms with E-state index in [0.717, 1.165) is 6.42 Å². The number of aromatic nitrogens is 2. The van der Waals surface area contributed by atoms with Gasteiger partial charge in [-0.3, -0.25) is 14.3 Å². The van der Waals surface area contributed by atoms with E-state index < -0.39 is 0 Å². The van der Waals surface area contributed by atoms with Crippen molar-refractivity contribution in [3.63, 3.8) is 0 Å². The van der Waals surface area contributed by atoms with Crippen molar-refractivity contribution in [1.82, 2.24) is 9.55 Å². The van der Waals surface area contributed by atoms with Gasteiger partial charge >= 0.3 is 5.69 Å². The fraction of sp³-hybridized carbons (Fsp3) is 0.556. The quantitative estimate of drug-likeness (QED) is 0.670. The second-order valence-corrected chi connectivity index (χ2v) is 4.99. The lowest BCUT2D eigenvalue weighted by Crippen LogP contribution is -2.32. The predicted molar refractivity (Wildman–Crippen MR) is 64.2 cm³/mol. The van der Waals surface area contributed by atoms with Crippen molar-refractivity contribution in [2.24, 2.45) is 0 Å². The minimum Gasteiger partial charge on any atom is -0.299 e. The van der Waals surface area contributed by atoms with E-state index in [2.05, 4.69) is 34.5 Å². The first-order valence-electron chi connectivity index (χ1n) is 4.49. The third kappa shape index (κ3) is 2.70. The molecule has 0 amide bonds. The Labute approximate surface area is 95.5 Å². The van der Waals surface area contributed by atoms with Crippen molar-refractivity contribution in [1.29, 1.82) is 0 Å². The monoisotopic (exact) mass is 308 g/mol. The fourth-order valence-corrected chi connectivity index (χ4v) is 1.52. The fourth-order valence-electron chi connectivity index (χ4n) is 1.10. The molecule has 0 aliphatic carbocycles. The van der Waals surface area contributed by atoms with Crippen LogP contribution in [0.15, 0.2) is 15.8 Å². The summed E-state index contributed by atoms with van der Waals surface area (Å²) in [4.78, 5) is 24.7. The van der Waals surface area contributed by atoms with Gasteiger partial charge in [-0.2, -0.15) is 0 Å². The van der Waals surface area contributed by atoms with E-state index in [9.17, 15) is 9.59 Å². The first-order valence-corrected chi connectivity index (χ1v) is 5.73. The topological polar surface area (TPSA) is 54.9 Å². The zero-order valence-electron chi connectivity index (χ0n) is 8.21. The first-order chi connectivity index (χ1) is 6.54. The van der Waals surface area contributed by atoms with E-state index in [1.54, 1.807) is 17.7 Å². The molecular formula is C9H13IN2O2. The second kappa shape index (κ2) is 4.77. The number of H-pyrrole nitrogens is 1. The van der Waals surface area contributed by atoms with Crippen LogP contribution < -0.4 is 11.2 Å². The largest absolute Gasteiger partial charge is 0.328 e. The Morgan fingerprint density at radius 1 is 1.57 bits per heavy atom. The number of aryl methyl sites for hydroxylation is 1. The van der Waals surface area contributed by atoms with Crippen molar-refractivity contribution >= 4 is 22.6 Å². The molecule has 1 N–H and O–H groups in total. The van der Waals surface area contributed by atoms with Gasteiger partial charge in [-0.05, 0) is 13.3 Å². The number of rotatable bonds is 3. The Morgan fingerprint density at radius 3 is 2.79 bits per heavy atom. The molecule has 1 atom stereocenters. The highest BCUT2D eigenvalue weighted by Gasteiger charge is 2.05. The highest BCUT2D eigenvalue weighted by Crippen LogP contribution is 2.06. The van der Waals surface area contributed by atoms with Gasteiger partial charge in [0.1, 0.15) is 0 Å². The molecule has 0 aromatic carbocycles. The van der Waals surface area contributed by atoms with Gasteiger partial charge in [0.2, 0.25) is 0 Å². The molecule has 14 heavy (non-hydrogen) atoms. The molecule has 0 saturated carbocycles. The highest BCUT2D eigenvalue weighted by molar-refractivity contribution is 14.1. The van der Waals surface area contributed by atoms with E-state index >= 15 is 0 Å². The van der Waals surface area contributed by atoms with Crippen molar-refractivity contribution < 1.29 is 0 Å². The van der Waals surface area contributed by atoms with Gasteiger partial charge in [-0.1, -0.05) is 29.5 Å². The third-order valence-corrected chi connectivity index (χ3v) is 3.30. The minimum atomic E-state index is -0.323. The van der Waals surface area contributed by atoms with Gasteiger partial charge in [0.15, 0.2) is 0 Å². The molecule has 1 rings (SSSR count). The maximum Gasteiger partial charge on any atom is 0.328 e. The zero-order chi connectivity index (χ0) is 10.7. The van der Waals surface area contributed by atoms with Crippen LogP contribution in [-0.2, 0) is 6.54 Å². The number of alkyl halides is 1. The van der Waals surface area contributed by atoms with Crippen LogP contribution in [0.5, 0.6) is 0 Å². The summed E-state index contributed by atoms with van der Waals surface area (Å²) >= 11 is 2.29. The van der Waals surface area contributed by atoms with E-state index in [0.29, 0.717) is 16.0 Å².